The van der Waals surface area contributed by atoms with Crippen LogP contribution in [0.5, 0.6) is 0 Å². The summed E-state index contributed by atoms with van der Waals surface area (Å²) in [7, 11) is -8.10. The van der Waals surface area contributed by atoms with Gasteiger partial charge in [-0.15, -0.1) is 0 Å². The molecule has 3 aromatic carbocycles. The summed E-state index contributed by atoms with van der Waals surface area (Å²) in [6.45, 7) is 1.40. The summed E-state index contributed by atoms with van der Waals surface area (Å²) in [5.74, 6) is -0.677. The number of nitrogens with zero attached hydrogens (tertiary/aromatic N) is 1. The first-order chi connectivity index (χ1) is 17.1. The minimum Gasteiger partial charge on any atom is -0.324 e. The number of benzene rings is 3. The second-order valence-corrected chi connectivity index (χ2v) is 11.8. The van der Waals surface area contributed by atoms with E-state index in [-0.39, 0.29) is 22.0 Å². The van der Waals surface area contributed by atoms with Gasteiger partial charge < -0.3 is 5.32 Å². The third kappa shape index (κ3) is 6.93. The average Bonchev–Trinajstić information content (AvgIpc) is 2.79. The van der Waals surface area contributed by atoms with E-state index >= 15 is 0 Å². The Balaban J connectivity index is 1.77. The second-order valence-electron chi connectivity index (χ2n) is 7.88. The first-order valence-electron chi connectivity index (χ1n) is 10.4. The molecule has 0 aliphatic heterocycles. The summed E-state index contributed by atoms with van der Waals surface area (Å²) in [6.07, 6.45) is -3.81. The van der Waals surface area contributed by atoms with Crippen LogP contribution >= 0.6 is 11.6 Å². The van der Waals surface area contributed by atoms with E-state index in [1.165, 1.54) is 31.2 Å². The molecule has 0 spiro atoms. The maximum Gasteiger partial charge on any atom is 0.417 e. The molecule has 0 aliphatic rings. The minimum atomic E-state index is -4.78. The Bertz CT molecular complexity index is 1500. The van der Waals surface area contributed by atoms with Crippen molar-refractivity contribution >= 4 is 54.6 Å². The summed E-state index contributed by atoms with van der Waals surface area (Å²) in [4.78, 5) is 12.5. The Kier molecular flexibility index (Phi) is 8.10. The van der Waals surface area contributed by atoms with Gasteiger partial charge in [-0.05, 0) is 61.5 Å². The Labute approximate surface area is 217 Å². The third-order valence-electron chi connectivity index (χ3n) is 5.06. The van der Waals surface area contributed by atoms with Crippen molar-refractivity contribution in [2.75, 3.05) is 20.6 Å². The van der Waals surface area contributed by atoms with E-state index in [1.54, 1.807) is 18.2 Å². The molecule has 0 fully saturated rings. The predicted octanol–water partition coefficient (Wildman–Crippen LogP) is 4.95. The van der Waals surface area contributed by atoms with Gasteiger partial charge in [0, 0.05) is 11.4 Å². The molecule has 0 aromatic heterocycles. The van der Waals surface area contributed by atoms with Crippen LogP contribution < -0.4 is 14.3 Å². The molecule has 3 aromatic rings. The highest BCUT2D eigenvalue weighted by molar-refractivity contribution is 7.92. The summed E-state index contributed by atoms with van der Waals surface area (Å²) < 4.78 is 92.2. The molecule has 2 N–H and O–H groups in total. The van der Waals surface area contributed by atoms with Crippen molar-refractivity contribution in [2.45, 2.75) is 24.0 Å². The lowest BCUT2D eigenvalue weighted by atomic mass is 10.2. The molecule has 3 rings (SSSR count). The van der Waals surface area contributed by atoms with Gasteiger partial charge in [-0.25, -0.2) is 16.8 Å². The summed E-state index contributed by atoms with van der Waals surface area (Å²) in [6, 6.07) is 14.3. The first-order valence-corrected chi connectivity index (χ1v) is 14.2. The van der Waals surface area contributed by atoms with Crippen LogP contribution in [0.4, 0.5) is 30.2 Å². The normalized spacial score (nSPS) is 13.0. The molecule has 0 saturated heterocycles. The smallest absolute Gasteiger partial charge is 0.324 e. The maximum atomic E-state index is 13.1. The van der Waals surface area contributed by atoms with Crippen LogP contribution in [0.2, 0.25) is 5.02 Å². The number of amides is 1. The van der Waals surface area contributed by atoms with E-state index in [4.69, 9.17) is 11.6 Å². The summed E-state index contributed by atoms with van der Waals surface area (Å²) in [5, 5.41) is 1.95. The number of para-hydroxylation sites is 1. The molecule has 0 aliphatic carbocycles. The Morgan fingerprint density at radius 3 is 2.03 bits per heavy atom. The largest absolute Gasteiger partial charge is 0.417 e. The Hall–Kier alpha value is -3.29. The van der Waals surface area contributed by atoms with Crippen molar-refractivity contribution in [3.63, 3.8) is 0 Å². The zero-order valence-electron chi connectivity index (χ0n) is 19.3. The highest BCUT2D eigenvalue weighted by Gasteiger charge is 2.34. The van der Waals surface area contributed by atoms with Crippen molar-refractivity contribution < 1.29 is 34.8 Å². The van der Waals surface area contributed by atoms with Crippen molar-refractivity contribution in [2.24, 2.45) is 0 Å². The minimum absolute atomic E-state index is 0.170. The van der Waals surface area contributed by atoms with E-state index in [0.29, 0.717) is 6.07 Å². The van der Waals surface area contributed by atoms with Crippen molar-refractivity contribution in [3.05, 3.63) is 83.4 Å². The highest BCUT2D eigenvalue weighted by atomic mass is 35.5. The Morgan fingerprint density at radius 1 is 0.919 bits per heavy atom. The topological polar surface area (TPSA) is 113 Å². The fraction of sp³-hybridized carbons (Fsp3) is 0.174. The number of sulfonamides is 2. The number of anilines is 3. The average molecular weight is 576 g/mol. The van der Waals surface area contributed by atoms with Gasteiger partial charge in [0.1, 0.15) is 6.04 Å². The molecule has 0 bridgehead atoms. The molecule has 0 radical (unpaired) electrons. The molecule has 0 heterocycles. The lowest BCUT2D eigenvalue weighted by molar-refractivity contribution is -0.137. The fourth-order valence-electron chi connectivity index (χ4n) is 3.37. The molecule has 0 saturated carbocycles. The zero-order chi connectivity index (χ0) is 27.6. The van der Waals surface area contributed by atoms with Crippen LogP contribution in [-0.2, 0) is 31.0 Å². The van der Waals surface area contributed by atoms with Crippen LogP contribution in [0.15, 0.2) is 77.7 Å². The molecular formula is C23H21ClF3N3O5S2. The molecule has 8 nitrogen and oxygen atoms in total. The number of rotatable bonds is 8. The second kappa shape index (κ2) is 10.6. The monoisotopic (exact) mass is 575 g/mol. The molecule has 14 heteroatoms. The number of alkyl halides is 3. The zero-order valence-corrected chi connectivity index (χ0v) is 21.7. The predicted molar refractivity (Wildman–Crippen MR) is 136 cm³/mol. The standard InChI is InChI=1S/C23H21ClF3N3O5S2/c1-15(30(36(2,32)33)18-6-4-3-5-7-18)22(31)28-16-8-11-19(12-9-16)37(34,35)29-17-10-13-21(24)20(14-17)23(25,26)27/h3-15,29H,1-2H3,(H,28,31)/t15-/m0/s1. The van der Waals surface area contributed by atoms with E-state index in [1.807, 2.05) is 0 Å². The van der Waals surface area contributed by atoms with Crippen molar-refractivity contribution in [1.82, 2.24) is 0 Å². The van der Waals surface area contributed by atoms with Gasteiger partial charge in [-0.1, -0.05) is 29.8 Å². The number of hydrogen-bond acceptors (Lipinski definition) is 5. The lowest BCUT2D eigenvalue weighted by Crippen LogP contribution is -2.45. The van der Waals surface area contributed by atoms with Crippen LogP contribution in [0.25, 0.3) is 0 Å². The van der Waals surface area contributed by atoms with E-state index in [2.05, 4.69) is 10.0 Å². The van der Waals surface area contributed by atoms with E-state index in [9.17, 15) is 34.8 Å². The molecule has 0 unspecified atom stereocenters. The summed E-state index contributed by atoms with van der Waals surface area (Å²) in [5.41, 5.74) is -1.08. The van der Waals surface area contributed by atoms with Gasteiger partial charge in [-0.2, -0.15) is 13.2 Å². The van der Waals surface area contributed by atoms with Crippen LogP contribution in [0.3, 0.4) is 0 Å². The molecule has 198 valence electrons. The van der Waals surface area contributed by atoms with Gasteiger partial charge in [0.05, 0.1) is 27.4 Å². The number of halogens is 4. The molecular weight excluding hydrogens is 555 g/mol. The summed E-state index contributed by atoms with van der Waals surface area (Å²) >= 11 is 5.56. The highest BCUT2D eigenvalue weighted by Crippen LogP contribution is 2.36. The first kappa shape index (κ1) is 28.3. The quantitative estimate of drug-likeness (QED) is 0.394. The van der Waals surface area contributed by atoms with Crippen LogP contribution in [-0.4, -0.2) is 35.0 Å². The van der Waals surface area contributed by atoms with Gasteiger partial charge in [0.25, 0.3) is 10.0 Å². The van der Waals surface area contributed by atoms with E-state index in [0.717, 1.165) is 34.8 Å². The lowest BCUT2D eigenvalue weighted by Gasteiger charge is -2.28. The van der Waals surface area contributed by atoms with Gasteiger partial charge in [-0.3, -0.25) is 13.8 Å². The molecule has 1 atom stereocenters. The van der Waals surface area contributed by atoms with Crippen LogP contribution in [0.1, 0.15) is 12.5 Å². The van der Waals surface area contributed by atoms with Gasteiger partial charge >= 0.3 is 6.18 Å². The van der Waals surface area contributed by atoms with Crippen molar-refractivity contribution in [1.29, 1.82) is 0 Å². The number of carbonyl (C=O) groups excluding carboxylic acids is 1. The third-order valence-corrected chi connectivity index (χ3v) is 8.02. The molecule has 1 amide bonds. The van der Waals surface area contributed by atoms with Gasteiger partial charge in [0.2, 0.25) is 15.9 Å². The fourth-order valence-corrected chi connectivity index (χ4v) is 5.82. The van der Waals surface area contributed by atoms with E-state index < -0.39 is 48.8 Å². The number of hydrogen-bond donors (Lipinski definition) is 2. The number of nitrogens with one attached hydrogen (secondary N) is 2. The van der Waals surface area contributed by atoms with Crippen LogP contribution in [0, 0.1) is 0 Å². The molecule has 37 heavy (non-hydrogen) atoms. The Morgan fingerprint density at radius 2 is 1.49 bits per heavy atom. The van der Waals surface area contributed by atoms with Gasteiger partial charge in [0.15, 0.2) is 0 Å². The SMILES string of the molecule is C[C@@H](C(=O)Nc1ccc(S(=O)(=O)Nc2ccc(Cl)c(C(F)(F)F)c2)cc1)N(c1ccccc1)S(C)(=O)=O. The maximum absolute atomic E-state index is 13.1. The van der Waals surface area contributed by atoms with Crippen molar-refractivity contribution in [3.8, 4) is 0 Å². The number of carbonyl (C=O) groups is 1.